The standard InChI is InChI=1S/C6H12N2O2/c7-8-6(9)5-3-1-2-4-10-5/h5H,1-4,7H2,(H,8,9)/t5-/m1/s1. The summed E-state index contributed by atoms with van der Waals surface area (Å²) in [5.41, 5.74) is 2.07. The predicted octanol–water partition coefficient (Wildman–Crippen LogP) is -0.455. The van der Waals surface area contributed by atoms with Gasteiger partial charge in [0.2, 0.25) is 0 Å². The molecule has 0 spiro atoms. The normalized spacial score (nSPS) is 25.9. The fraction of sp³-hybridized carbons (Fsp3) is 0.833. The first-order valence-electron chi connectivity index (χ1n) is 3.46. The van der Waals surface area contributed by atoms with E-state index < -0.39 is 0 Å². The zero-order valence-electron chi connectivity index (χ0n) is 5.80. The van der Waals surface area contributed by atoms with Crippen molar-refractivity contribution in [1.29, 1.82) is 0 Å². The highest BCUT2D eigenvalue weighted by Gasteiger charge is 2.20. The van der Waals surface area contributed by atoms with Crippen LogP contribution in [0, 0.1) is 0 Å². The van der Waals surface area contributed by atoms with E-state index in [-0.39, 0.29) is 12.0 Å². The Hall–Kier alpha value is -0.610. The van der Waals surface area contributed by atoms with Crippen LogP contribution < -0.4 is 11.3 Å². The zero-order chi connectivity index (χ0) is 7.40. The van der Waals surface area contributed by atoms with E-state index in [1.165, 1.54) is 0 Å². The second-order valence-electron chi connectivity index (χ2n) is 2.36. The van der Waals surface area contributed by atoms with Gasteiger partial charge in [-0.15, -0.1) is 0 Å². The minimum atomic E-state index is -0.307. The minimum Gasteiger partial charge on any atom is -0.368 e. The van der Waals surface area contributed by atoms with Crippen molar-refractivity contribution in [2.75, 3.05) is 6.61 Å². The van der Waals surface area contributed by atoms with Gasteiger partial charge >= 0.3 is 0 Å². The summed E-state index contributed by atoms with van der Waals surface area (Å²) in [5, 5.41) is 0. The molecular formula is C6H12N2O2. The van der Waals surface area contributed by atoms with Crippen LogP contribution in [0.15, 0.2) is 0 Å². The Bertz CT molecular complexity index is 121. The number of ether oxygens (including phenoxy) is 1. The molecule has 1 heterocycles. The molecule has 0 saturated carbocycles. The maximum absolute atomic E-state index is 10.8. The van der Waals surface area contributed by atoms with Crippen LogP contribution in [-0.2, 0) is 9.53 Å². The molecule has 4 nitrogen and oxygen atoms in total. The maximum atomic E-state index is 10.8. The van der Waals surface area contributed by atoms with Gasteiger partial charge in [-0.3, -0.25) is 10.2 Å². The van der Waals surface area contributed by atoms with Crippen LogP contribution in [0.3, 0.4) is 0 Å². The summed E-state index contributed by atoms with van der Waals surface area (Å²) in [6, 6.07) is 0. The molecule has 1 amide bonds. The van der Waals surface area contributed by atoms with Crippen molar-refractivity contribution < 1.29 is 9.53 Å². The first-order chi connectivity index (χ1) is 4.84. The number of carbonyl (C=O) groups excluding carboxylic acids is 1. The number of nitrogens with one attached hydrogen (secondary N) is 1. The molecule has 58 valence electrons. The molecule has 0 aromatic carbocycles. The molecule has 0 aliphatic carbocycles. The number of carbonyl (C=O) groups is 1. The number of hydrogen-bond donors (Lipinski definition) is 2. The van der Waals surface area contributed by atoms with Crippen LogP contribution in [0.5, 0.6) is 0 Å². The van der Waals surface area contributed by atoms with Gasteiger partial charge in [0.1, 0.15) is 6.10 Å². The number of nitrogens with two attached hydrogens (primary N) is 1. The number of hydrazine groups is 1. The average molecular weight is 144 g/mol. The summed E-state index contributed by atoms with van der Waals surface area (Å²) in [7, 11) is 0. The summed E-state index contributed by atoms with van der Waals surface area (Å²) >= 11 is 0. The number of hydrogen-bond acceptors (Lipinski definition) is 3. The summed E-state index contributed by atoms with van der Waals surface area (Å²) in [5.74, 6) is 4.71. The van der Waals surface area contributed by atoms with Crippen molar-refractivity contribution in [3.05, 3.63) is 0 Å². The van der Waals surface area contributed by atoms with Crippen LogP contribution in [0.1, 0.15) is 19.3 Å². The van der Waals surface area contributed by atoms with Crippen molar-refractivity contribution in [1.82, 2.24) is 5.43 Å². The largest absolute Gasteiger partial charge is 0.368 e. The first kappa shape index (κ1) is 7.50. The molecule has 3 N–H and O–H groups in total. The molecule has 1 fully saturated rings. The molecule has 0 radical (unpaired) electrons. The maximum Gasteiger partial charge on any atom is 0.262 e. The van der Waals surface area contributed by atoms with Crippen molar-refractivity contribution in [3.63, 3.8) is 0 Å². The van der Waals surface area contributed by atoms with E-state index in [4.69, 9.17) is 10.6 Å². The van der Waals surface area contributed by atoms with E-state index in [9.17, 15) is 4.79 Å². The lowest BCUT2D eigenvalue weighted by atomic mass is 10.1. The van der Waals surface area contributed by atoms with Crippen LogP contribution in [-0.4, -0.2) is 18.6 Å². The highest BCUT2D eigenvalue weighted by molar-refractivity contribution is 5.80. The molecule has 1 saturated heterocycles. The van der Waals surface area contributed by atoms with Gasteiger partial charge in [0.25, 0.3) is 5.91 Å². The number of rotatable bonds is 1. The van der Waals surface area contributed by atoms with E-state index >= 15 is 0 Å². The summed E-state index contributed by atoms with van der Waals surface area (Å²) in [6.45, 7) is 0.679. The minimum absolute atomic E-state index is 0.209. The lowest BCUT2D eigenvalue weighted by Crippen LogP contribution is -2.41. The Morgan fingerprint density at radius 2 is 2.40 bits per heavy atom. The first-order valence-corrected chi connectivity index (χ1v) is 3.46. The third-order valence-electron chi connectivity index (χ3n) is 1.61. The van der Waals surface area contributed by atoms with Crippen molar-refractivity contribution in [2.45, 2.75) is 25.4 Å². The summed E-state index contributed by atoms with van der Waals surface area (Å²) in [4.78, 5) is 10.8. The fourth-order valence-electron chi connectivity index (χ4n) is 1.04. The van der Waals surface area contributed by atoms with E-state index in [1.807, 2.05) is 0 Å². The van der Waals surface area contributed by atoms with E-state index in [0.717, 1.165) is 19.3 Å². The Labute approximate surface area is 59.7 Å². The van der Waals surface area contributed by atoms with Crippen molar-refractivity contribution in [2.24, 2.45) is 5.84 Å². The smallest absolute Gasteiger partial charge is 0.262 e. The molecule has 1 aliphatic rings. The molecule has 0 aromatic heterocycles. The lowest BCUT2D eigenvalue weighted by Gasteiger charge is -2.20. The van der Waals surface area contributed by atoms with Gasteiger partial charge in [-0.1, -0.05) is 0 Å². The van der Waals surface area contributed by atoms with Crippen molar-refractivity contribution in [3.8, 4) is 0 Å². The van der Waals surface area contributed by atoms with E-state index in [2.05, 4.69) is 5.43 Å². The van der Waals surface area contributed by atoms with E-state index in [0.29, 0.717) is 6.61 Å². The summed E-state index contributed by atoms with van der Waals surface area (Å²) in [6.07, 6.45) is 2.59. The highest BCUT2D eigenvalue weighted by Crippen LogP contribution is 2.11. The molecule has 1 aliphatic heterocycles. The molecule has 1 atom stereocenters. The zero-order valence-corrected chi connectivity index (χ0v) is 5.80. The topological polar surface area (TPSA) is 64.3 Å². The van der Waals surface area contributed by atoms with Gasteiger partial charge in [-0.2, -0.15) is 0 Å². The molecule has 4 heteroatoms. The van der Waals surface area contributed by atoms with Gasteiger partial charge in [-0.25, -0.2) is 5.84 Å². The van der Waals surface area contributed by atoms with Gasteiger partial charge in [0.15, 0.2) is 0 Å². The third kappa shape index (κ3) is 1.68. The molecule has 10 heavy (non-hydrogen) atoms. The Balaban J connectivity index is 2.31. The second-order valence-corrected chi connectivity index (χ2v) is 2.36. The quantitative estimate of drug-likeness (QED) is 0.297. The molecule has 0 bridgehead atoms. The van der Waals surface area contributed by atoms with Crippen LogP contribution in [0.4, 0.5) is 0 Å². The van der Waals surface area contributed by atoms with Crippen LogP contribution >= 0.6 is 0 Å². The Morgan fingerprint density at radius 1 is 1.60 bits per heavy atom. The van der Waals surface area contributed by atoms with Gasteiger partial charge in [-0.05, 0) is 19.3 Å². The Morgan fingerprint density at radius 3 is 2.90 bits per heavy atom. The lowest BCUT2D eigenvalue weighted by molar-refractivity contribution is -0.135. The molecule has 0 aromatic rings. The number of amides is 1. The second kappa shape index (κ2) is 3.53. The summed E-state index contributed by atoms with van der Waals surface area (Å²) < 4.78 is 5.14. The van der Waals surface area contributed by atoms with Crippen LogP contribution in [0.2, 0.25) is 0 Å². The molecule has 0 unspecified atom stereocenters. The molecule has 1 rings (SSSR count). The van der Waals surface area contributed by atoms with Gasteiger partial charge in [0, 0.05) is 6.61 Å². The van der Waals surface area contributed by atoms with Gasteiger partial charge in [0.05, 0.1) is 0 Å². The van der Waals surface area contributed by atoms with Gasteiger partial charge < -0.3 is 4.74 Å². The predicted molar refractivity (Wildman–Crippen MR) is 35.9 cm³/mol. The van der Waals surface area contributed by atoms with E-state index in [1.54, 1.807) is 0 Å². The monoisotopic (exact) mass is 144 g/mol. The highest BCUT2D eigenvalue weighted by atomic mass is 16.5. The Kier molecular flexibility index (Phi) is 2.65. The molecular weight excluding hydrogens is 132 g/mol. The van der Waals surface area contributed by atoms with Crippen molar-refractivity contribution >= 4 is 5.91 Å². The fourth-order valence-corrected chi connectivity index (χ4v) is 1.04. The average Bonchev–Trinajstić information content (AvgIpc) is 2.05. The van der Waals surface area contributed by atoms with Crippen LogP contribution in [0.25, 0.3) is 0 Å². The SMILES string of the molecule is NNC(=O)[C@H]1CCCCO1. The third-order valence-corrected chi connectivity index (χ3v) is 1.61.